The van der Waals surface area contributed by atoms with E-state index >= 15 is 0 Å². The monoisotopic (exact) mass is 472 g/mol. The van der Waals surface area contributed by atoms with E-state index < -0.39 is 17.8 Å². The van der Waals surface area contributed by atoms with Gasteiger partial charge in [-0.2, -0.15) is 13.2 Å². The molecule has 0 aliphatic carbocycles. The lowest BCUT2D eigenvalue weighted by atomic mass is 10.1. The molecule has 0 saturated carbocycles. The first-order valence-corrected chi connectivity index (χ1v) is 10.2. The molecule has 0 spiro atoms. The standard InChI is InChI=1S/C20H17Cl2F3N4O2/c21-13-1-3-14(4-2-13)29-17(30)10-16(19(29)31)27-5-7-28(8-6-27)18-15(22)9-12(11-26-18)20(23,24)25/h1-4,9,11,16H,5-8,10H2. The molecule has 2 fully saturated rings. The summed E-state index contributed by atoms with van der Waals surface area (Å²) in [5, 5.41) is 0.426. The van der Waals surface area contributed by atoms with Crippen LogP contribution in [0, 0.1) is 0 Å². The van der Waals surface area contributed by atoms with Gasteiger partial charge in [0.05, 0.1) is 28.7 Å². The average Bonchev–Trinajstić information content (AvgIpc) is 3.02. The molecule has 6 nitrogen and oxygen atoms in total. The molecule has 0 radical (unpaired) electrons. The second kappa shape index (κ2) is 8.29. The van der Waals surface area contributed by atoms with E-state index in [1.165, 1.54) is 4.90 Å². The van der Waals surface area contributed by atoms with Crippen LogP contribution < -0.4 is 9.80 Å². The van der Waals surface area contributed by atoms with Gasteiger partial charge in [0.1, 0.15) is 5.82 Å². The quantitative estimate of drug-likeness (QED) is 0.634. The lowest BCUT2D eigenvalue weighted by molar-refractivity contribution is -0.137. The van der Waals surface area contributed by atoms with Gasteiger partial charge in [-0.3, -0.25) is 14.5 Å². The number of rotatable bonds is 3. The van der Waals surface area contributed by atoms with Gasteiger partial charge in [-0.15, -0.1) is 0 Å². The molecular weight excluding hydrogens is 456 g/mol. The number of alkyl halides is 3. The first kappa shape index (κ1) is 21.9. The van der Waals surface area contributed by atoms with Crippen molar-refractivity contribution in [1.29, 1.82) is 0 Å². The molecule has 31 heavy (non-hydrogen) atoms. The summed E-state index contributed by atoms with van der Waals surface area (Å²) < 4.78 is 38.5. The van der Waals surface area contributed by atoms with Gasteiger partial charge in [-0.25, -0.2) is 9.88 Å². The van der Waals surface area contributed by atoms with E-state index in [1.54, 1.807) is 29.2 Å². The summed E-state index contributed by atoms with van der Waals surface area (Å²) in [6.45, 7) is 1.71. The van der Waals surface area contributed by atoms with Crippen LogP contribution in [0.25, 0.3) is 0 Å². The second-order valence-corrected chi connectivity index (χ2v) is 8.16. The molecule has 1 atom stereocenters. The Morgan fingerprint density at radius 1 is 1.00 bits per heavy atom. The summed E-state index contributed by atoms with van der Waals surface area (Å²) in [6.07, 6.45) is -3.68. The normalized spacial score (nSPS) is 20.6. The van der Waals surface area contributed by atoms with Gasteiger partial charge in [-0.05, 0) is 30.3 Å². The number of aromatic nitrogens is 1. The fraction of sp³-hybridized carbons (Fsp3) is 0.350. The third kappa shape index (κ3) is 4.35. The van der Waals surface area contributed by atoms with Crippen LogP contribution in [0.1, 0.15) is 12.0 Å². The highest BCUT2D eigenvalue weighted by molar-refractivity contribution is 6.33. The highest BCUT2D eigenvalue weighted by atomic mass is 35.5. The number of hydrogen-bond donors (Lipinski definition) is 0. The smallest absolute Gasteiger partial charge is 0.353 e. The predicted molar refractivity (Wildman–Crippen MR) is 110 cm³/mol. The topological polar surface area (TPSA) is 56.8 Å². The van der Waals surface area contributed by atoms with Crippen molar-refractivity contribution in [2.24, 2.45) is 0 Å². The summed E-state index contributed by atoms with van der Waals surface area (Å²) in [5.41, 5.74) is -0.432. The molecule has 164 valence electrons. The van der Waals surface area contributed by atoms with E-state index in [2.05, 4.69) is 4.98 Å². The first-order chi connectivity index (χ1) is 14.6. The highest BCUT2D eigenvalue weighted by Gasteiger charge is 2.43. The van der Waals surface area contributed by atoms with Crippen molar-refractivity contribution < 1.29 is 22.8 Å². The van der Waals surface area contributed by atoms with Crippen molar-refractivity contribution in [2.75, 3.05) is 36.0 Å². The largest absolute Gasteiger partial charge is 0.417 e. The minimum Gasteiger partial charge on any atom is -0.353 e. The summed E-state index contributed by atoms with van der Waals surface area (Å²) in [6, 6.07) is 6.75. The van der Waals surface area contributed by atoms with Crippen molar-refractivity contribution in [3.05, 3.63) is 52.1 Å². The number of amides is 2. The van der Waals surface area contributed by atoms with Gasteiger partial charge < -0.3 is 4.90 Å². The fourth-order valence-corrected chi connectivity index (χ4v) is 4.24. The van der Waals surface area contributed by atoms with Crippen LogP contribution in [0.3, 0.4) is 0 Å². The molecule has 1 aromatic carbocycles. The van der Waals surface area contributed by atoms with Gasteiger partial charge in [-0.1, -0.05) is 23.2 Å². The number of nitrogens with zero attached hydrogens (tertiary/aromatic N) is 4. The Kier molecular flexibility index (Phi) is 5.85. The predicted octanol–water partition coefficient (Wildman–Crippen LogP) is 3.86. The average molecular weight is 473 g/mol. The van der Waals surface area contributed by atoms with Crippen LogP contribution in [0.15, 0.2) is 36.5 Å². The molecule has 2 aliphatic heterocycles. The van der Waals surface area contributed by atoms with Gasteiger partial charge in [0, 0.05) is 37.4 Å². The molecule has 2 saturated heterocycles. The summed E-state index contributed by atoms with van der Waals surface area (Å²) in [7, 11) is 0. The summed E-state index contributed by atoms with van der Waals surface area (Å²) >= 11 is 11.9. The number of piperazine rings is 1. The zero-order valence-electron chi connectivity index (χ0n) is 16.1. The van der Waals surface area contributed by atoms with E-state index in [4.69, 9.17) is 23.2 Å². The Hall–Kier alpha value is -2.36. The second-order valence-electron chi connectivity index (χ2n) is 7.31. The number of pyridine rings is 1. The number of imide groups is 1. The molecule has 3 heterocycles. The Morgan fingerprint density at radius 3 is 2.23 bits per heavy atom. The molecule has 1 aromatic heterocycles. The van der Waals surface area contributed by atoms with Crippen LogP contribution in [-0.2, 0) is 15.8 Å². The van der Waals surface area contributed by atoms with Crippen LogP contribution in [0.2, 0.25) is 10.0 Å². The number of hydrogen-bond acceptors (Lipinski definition) is 5. The number of anilines is 2. The maximum atomic E-state index is 12.9. The molecule has 2 aromatic rings. The molecule has 2 amide bonds. The van der Waals surface area contributed by atoms with E-state index in [9.17, 15) is 22.8 Å². The van der Waals surface area contributed by atoms with Crippen LogP contribution >= 0.6 is 23.2 Å². The van der Waals surface area contributed by atoms with E-state index in [0.717, 1.165) is 12.3 Å². The maximum absolute atomic E-state index is 12.9. The van der Waals surface area contributed by atoms with Crippen molar-refractivity contribution in [3.8, 4) is 0 Å². The van der Waals surface area contributed by atoms with E-state index in [-0.39, 0.29) is 29.1 Å². The molecule has 11 heteroatoms. The number of benzene rings is 1. The fourth-order valence-electron chi connectivity index (χ4n) is 3.83. The third-order valence-corrected chi connectivity index (χ3v) is 5.94. The van der Waals surface area contributed by atoms with Gasteiger partial charge in [0.25, 0.3) is 5.91 Å². The van der Waals surface area contributed by atoms with Crippen molar-refractivity contribution in [3.63, 3.8) is 0 Å². The third-order valence-electron chi connectivity index (χ3n) is 5.41. The molecule has 0 N–H and O–H groups in total. The minimum absolute atomic E-state index is 0.0702. The summed E-state index contributed by atoms with van der Waals surface area (Å²) in [4.78, 5) is 34.1. The number of halogens is 5. The van der Waals surface area contributed by atoms with Gasteiger partial charge in [0.2, 0.25) is 5.91 Å². The first-order valence-electron chi connectivity index (χ1n) is 9.49. The molecule has 1 unspecified atom stereocenters. The van der Waals surface area contributed by atoms with Gasteiger partial charge >= 0.3 is 6.18 Å². The highest BCUT2D eigenvalue weighted by Crippen LogP contribution is 2.34. The van der Waals surface area contributed by atoms with Crippen molar-refractivity contribution >= 4 is 46.5 Å². The molecule has 0 bridgehead atoms. The van der Waals surface area contributed by atoms with Crippen molar-refractivity contribution in [2.45, 2.75) is 18.6 Å². The van der Waals surface area contributed by atoms with Crippen LogP contribution in [0.4, 0.5) is 24.7 Å². The van der Waals surface area contributed by atoms with Gasteiger partial charge in [0.15, 0.2) is 0 Å². The van der Waals surface area contributed by atoms with E-state index in [0.29, 0.717) is 36.9 Å². The molecular formula is C20H17Cl2F3N4O2. The SMILES string of the molecule is O=C1CC(N2CCN(c3ncc(C(F)(F)F)cc3Cl)CC2)C(=O)N1c1ccc(Cl)cc1. The Morgan fingerprint density at radius 2 is 1.65 bits per heavy atom. The molecule has 2 aliphatic rings. The Bertz CT molecular complexity index is 1010. The Balaban J connectivity index is 1.43. The maximum Gasteiger partial charge on any atom is 0.417 e. The Labute approximate surface area is 186 Å². The van der Waals surface area contributed by atoms with Crippen molar-refractivity contribution in [1.82, 2.24) is 9.88 Å². The zero-order chi connectivity index (χ0) is 22.3. The van der Waals surface area contributed by atoms with E-state index in [1.807, 2.05) is 4.90 Å². The lowest BCUT2D eigenvalue weighted by Crippen LogP contribution is -2.52. The summed E-state index contributed by atoms with van der Waals surface area (Å²) in [5.74, 6) is -0.315. The molecule has 4 rings (SSSR count). The van der Waals surface area contributed by atoms with Crippen LogP contribution in [0.5, 0.6) is 0 Å². The van der Waals surface area contributed by atoms with Crippen LogP contribution in [-0.4, -0.2) is 53.9 Å². The zero-order valence-corrected chi connectivity index (χ0v) is 17.6. The number of carbonyl (C=O) groups excluding carboxylic acids is 2. The number of carbonyl (C=O) groups is 2. The minimum atomic E-state index is -4.51. The lowest BCUT2D eigenvalue weighted by Gasteiger charge is -2.37.